The van der Waals surface area contributed by atoms with Crippen molar-refractivity contribution in [2.45, 2.75) is 39.5 Å². The monoisotopic (exact) mass is 377 g/mol. The summed E-state index contributed by atoms with van der Waals surface area (Å²) in [4.78, 5) is 10.3. The van der Waals surface area contributed by atoms with E-state index in [1.165, 1.54) is 51.8 Å². The van der Waals surface area contributed by atoms with Crippen molar-refractivity contribution in [3.05, 3.63) is 65.2 Å². The number of nitrogens with zero attached hydrogens (tertiary/aromatic N) is 2. The van der Waals surface area contributed by atoms with Crippen LogP contribution in [0.15, 0.2) is 42.7 Å². The molecule has 0 radical (unpaired) electrons. The zero-order valence-corrected chi connectivity index (χ0v) is 17.6. The summed E-state index contributed by atoms with van der Waals surface area (Å²) in [6.45, 7) is 8.64. The molecule has 1 atom stereocenters. The van der Waals surface area contributed by atoms with Crippen LogP contribution in [0.1, 0.15) is 41.3 Å². The van der Waals surface area contributed by atoms with E-state index in [2.05, 4.69) is 81.3 Å². The fourth-order valence-electron chi connectivity index (χ4n) is 4.19. The third kappa shape index (κ3) is 3.66. The number of piperidine rings is 1. The van der Waals surface area contributed by atoms with E-state index in [1.54, 1.807) is 0 Å². The molecule has 1 N–H and O–H groups in total. The molecule has 0 amide bonds. The van der Waals surface area contributed by atoms with Gasteiger partial charge in [-0.1, -0.05) is 30.3 Å². The second-order valence-electron chi connectivity index (χ2n) is 7.75. The maximum absolute atomic E-state index is 4.38. The van der Waals surface area contributed by atoms with Crippen molar-refractivity contribution >= 4 is 20.2 Å². The van der Waals surface area contributed by atoms with Gasteiger partial charge in [-0.15, -0.1) is 9.24 Å². The summed E-state index contributed by atoms with van der Waals surface area (Å²) in [5, 5.41) is 1.27. The van der Waals surface area contributed by atoms with Gasteiger partial charge in [0.25, 0.3) is 0 Å². The van der Waals surface area contributed by atoms with Crippen molar-refractivity contribution in [3.8, 4) is 11.1 Å². The predicted molar refractivity (Wildman–Crippen MR) is 118 cm³/mol. The number of rotatable bonds is 3. The molecule has 3 nitrogen and oxygen atoms in total. The third-order valence-corrected chi connectivity index (χ3v) is 6.49. The molecule has 0 aliphatic carbocycles. The summed E-state index contributed by atoms with van der Waals surface area (Å²) in [6.07, 6.45) is 4.16. The Labute approximate surface area is 164 Å². The Kier molecular flexibility index (Phi) is 5.06. The van der Waals surface area contributed by atoms with Crippen molar-refractivity contribution in [2.24, 2.45) is 0 Å². The van der Waals surface area contributed by atoms with Crippen LogP contribution in [0.25, 0.3) is 11.1 Å². The Bertz CT molecular complexity index is 952. The van der Waals surface area contributed by atoms with E-state index in [0.717, 1.165) is 18.8 Å². The molecule has 1 unspecified atom stereocenters. The second-order valence-corrected chi connectivity index (χ2v) is 8.38. The van der Waals surface area contributed by atoms with E-state index >= 15 is 0 Å². The Balaban J connectivity index is 1.61. The summed E-state index contributed by atoms with van der Waals surface area (Å²) in [7, 11) is 2.82. The SMILES string of the molecule is Cc1ccc(-c2ccc(P)c(C)c2)c(N2CCC(c3[nH]cnc3C)CC2)c1. The Hall–Kier alpha value is -2.12. The smallest absolute Gasteiger partial charge is 0.0925 e. The van der Waals surface area contributed by atoms with Crippen LogP contribution in [0.4, 0.5) is 5.69 Å². The number of anilines is 1. The van der Waals surface area contributed by atoms with Crippen LogP contribution in [-0.4, -0.2) is 23.1 Å². The quantitative estimate of drug-likeness (QED) is 0.659. The number of aromatic nitrogens is 2. The Morgan fingerprint density at radius 1 is 1.04 bits per heavy atom. The van der Waals surface area contributed by atoms with E-state index in [0.29, 0.717) is 5.92 Å². The van der Waals surface area contributed by atoms with Crippen LogP contribution in [0.3, 0.4) is 0 Å². The van der Waals surface area contributed by atoms with Crippen LogP contribution < -0.4 is 10.2 Å². The molecule has 0 spiro atoms. The van der Waals surface area contributed by atoms with Gasteiger partial charge in [-0.3, -0.25) is 0 Å². The number of aromatic amines is 1. The van der Waals surface area contributed by atoms with Gasteiger partial charge in [0.1, 0.15) is 0 Å². The summed E-state index contributed by atoms with van der Waals surface area (Å²) in [5.74, 6) is 0.593. The molecule has 1 aromatic heterocycles. The van der Waals surface area contributed by atoms with Crippen molar-refractivity contribution < 1.29 is 0 Å². The molecular weight excluding hydrogens is 349 g/mol. The minimum Gasteiger partial charge on any atom is -0.371 e. The molecule has 2 heterocycles. The number of H-pyrrole nitrogens is 1. The molecule has 27 heavy (non-hydrogen) atoms. The molecule has 3 aromatic rings. The summed E-state index contributed by atoms with van der Waals surface area (Å²) >= 11 is 0. The zero-order valence-electron chi connectivity index (χ0n) is 16.4. The standard InChI is InChI=1S/C23H28N3P/c1-15-4-6-20(19-5-7-22(27)16(2)13-19)21(12-15)26-10-8-18(9-11-26)23-17(3)24-14-25-23/h4-7,12-14,18H,8-11,27H2,1-3H3,(H,24,25). The lowest BCUT2D eigenvalue weighted by molar-refractivity contribution is 0.496. The van der Waals surface area contributed by atoms with Gasteiger partial charge in [0.05, 0.1) is 12.0 Å². The van der Waals surface area contributed by atoms with Crippen LogP contribution in [-0.2, 0) is 0 Å². The predicted octanol–water partition coefficient (Wildman–Crippen LogP) is 4.89. The Morgan fingerprint density at radius 3 is 2.48 bits per heavy atom. The van der Waals surface area contributed by atoms with Gasteiger partial charge in [-0.2, -0.15) is 0 Å². The van der Waals surface area contributed by atoms with Crippen LogP contribution in [0, 0.1) is 20.8 Å². The molecule has 1 saturated heterocycles. The van der Waals surface area contributed by atoms with Gasteiger partial charge in [0, 0.05) is 36.0 Å². The maximum atomic E-state index is 4.38. The van der Waals surface area contributed by atoms with Gasteiger partial charge in [0.15, 0.2) is 0 Å². The molecule has 1 aliphatic heterocycles. The zero-order chi connectivity index (χ0) is 19.0. The van der Waals surface area contributed by atoms with Gasteiger partial charge < -0.3 is 9.88 Å². The van der Waals surface area contributed by atoms with E-state index < -0.39 is 0 Å². The van der Waals surface area contributed by atoms with Crippen molar-refractivity contribution in [1.82, 2.24) is 9.97 Å². The van der Waals surface area contributed by atoms with Crippen molar-refractivity contribution in [3.63, 3.8) is 0 Å². The lowest BCUT2D eigenvalue weighted by Crippen LogP contribution is -2.33. The van der Waals surface area contributed by atoms with E-state index in [4.69, 9.17) is 0 Å². The molecule has 0 saturated carbocycles. The molecule has 1 fully saturated rings. The third-order valence-electron chi connectivity index (χ3n) is 5.85. The van der Waals surface area contributed by atoms with Crippen LogP contribution in [0.2, 0.25) is 0 Å². The largest absolute Gasteiger partial charge is 0.371 e. The molecule has 1 aliphatic rings. The average Bonchev–Trinajstić information content (AvgIpc) is 3.10. The Morgan fingerprint density at radius 2 is 1.81 bits per heavy atom. The van der Waals surface area contributed by atoms with Gasteiger partial charge in [-0.25, -0.2) is 4.98 Å². The molecule has 4 rings (SSSR count). The fraction of sp³-hybridized carbons (Fsp3) is 0.348. The highest BCUT2D eigenvalue weighted by Crippen LogP contribution is 2.36. The number of imidazole rings is 1. The molecule has 2 aromatic carbocycles. The summed E-state index contributed by atoms with van der Waals surface area (Å²) in [5.41, 5.74) is 9.12. The first-order valence-corrected chi connectivity index (χ1v) is 10.3. The summed E-state index contributed by atoms with van der Waals surface area (Å²) < 4.78 is 0. The molecule has 140 valence electrons. The topological polar surface area (TPSA) is 31.9 Å². The lowest BCUT2D eigenvalue weighted by Gasteiger charge is -2.35. The van der Waals surface area contributed by atoms with Crippen molar-refractivity contribution in [1.29, 1.82) is 0 Å². The second kappa shape index (κ2) is 7.48. The number of hydrogen-bond donors (Lipinski definition) is 1. The molecule has 4 heteroatoms. The number of nitrogens with one attached hydrogen (secondary N) is 1. The van der Waals surface area contributed by atoms with Crippen LogP contribution >= 0.6 is 9.24 Å². The minimum absolute atomic E-state index is 0.593. The van der Waals surface area contributed by atoms with Crippen molar-refractivity contribution in [2.75, 3.05) is 18.0 Å². The molecule has 0 bridgehead atoms. The average molecular weight is 377 g/mol. The lowest BCUT2D eigenvalue weighted by atomic mass is 9.91. The van der Waals surface area contributed by atoms with Gasteiger partial charge in [0.2, 0.25) is 0 Å². The number of benzene rings is 2. The first-order valence-electron chi connectivity index (χ1n) is 9.75. The number of aryl methyl sites for hydroxylation is 3. The normalized spacial score (nSPS) is 15.3. The van der Waals surface area contributed by atoms with E-state index in [-0.39, 0.29) is 0 Å². The highest BCUT2D eigenvalue weighted by atomic mass is 31.0. The van der Waals surface area contributed by atoms with Gasteiger partial charge >= 0.3 is 0 Å². The van der Waals surface area contributed by atoms with E-state index in [1.807, 2.05) is 6.33 Å². The first kappa shape index (κ1) is 18.3. The highest BCUT2D eigenvalue weighted by molar-refractivity contribution is 7.27. The fourth-order valence-corrected chi connectivity index (χ4v) is 4.37. The minimum atomic E-state index is 0.593. The van der Waals surface area contributed by atoms with Gasteiger partial charge in [-0.05, 0) is 61.7 Å². The number of hydrogen-bond acceptors (Lipinski definition) is 2. The highest BCUT2D eigenvalue weighted by Gasteiger charge is 2.24. The summed E-state index contributed by atoms with van der Waals surface area (Å²) in [6, 6.07) is 13.6. The van der Waals surface area contributed by atoms with Crippen LogP contribution in [0.5, 0.6) is 0 Å². The first-order chi connectivity index (χ1) is 13.0. The van der Waals surface area contributed by atoms with E-state index in [9.17, 15) is 0 Å². The molecular formula is C23H28N3P. The maximum Gasteiger partial charge on any atom is 0.0925 e.